The molecule has 1 rings (SSSR count). The van der Waals surface area contributed by atoms with Crippen molar-refractivity contribution in [3.8, 4) is 0 Å². The average Bonchev–Trinajstić information content (AvgIpc) is 2.87. The van der Waals surface area contributed by atoms with Crippen LogP contribution >= 0.6 is 58.4 Å². The molecule has 0 amide bonds. The van der Waals surface area contributed by atoms with Gasteiger partial charge in [0.2, 0.25) is 0 Å². The second-order valence-electron chi connectivity index (χ2n) is 3.47. The molecule has 108 valence electrons. The quantitative estimate of drug-likeness (QED) is 0.654. The fraction of sp³-hybridized carbons (Fsp3) is 0.571. The Bertz CT molecular complexity index is 416. The zero-order chi connectivity index (χ0) is 14.1. The molecule has 0 aromatic carbocycles. The van der Waals surface area contributed by atoms with Crippen LogP contribution in [0.2, 0.25) is 0 Å². The highest BCUT2D eigenvalue weighted by Gasteiger charge is 2.03. The van der Waals surface area contributed by atoms with Gasteiger partial charge in [0, 0.05) is 9.06 Å². The number of hydrogen-bond acceptors (Lipinski definition) is 5. The lowest BCUT2D eigenvalue weighted by atomic mass is 10.6. The van der Waals surface area contributed by atoms with Crippen molar-refractivity contribution in [1.29, 1.82) is 0 Å². The molecule has 0 aliphatic rings. The Labute approximate surface area is 138 Å². The van der Waals surface area contributed by atoms with Gasteiger partial charge in [-0.3, -0.25) is 0 Å². The van der Waals surface area contributed by atoms with Crippen LogP contribution in [0.5, 0.6) is 0 Å². The predicted octanol–water partition coefficient (Wildman–Crippen LogP) is 4.89. The van der Waals surface area contributed by atoms with Crippen molar-refractivity contribution >= 4 is 66.9 Å². The van der Waals surface area contributed by atoms with E-state index in [0.717, 1.165) is 23.0 Å². The van der Waals surface area contributed by atoms with E-state index in [-0.39, 0.29) is 0 Å². The molecular formula is C14H22S5. The first-order chi connectivity index (χ1) is 9.26. The summed E-state index contributed by atoms with van der Waals surface area (Å²) in [6.45, 7) is 8.92. The van der Waals surface area contributed by atoms with E-state index >= 15 is 0 Å². The van der Waals surface area contributed by atoms with E-state index in [1.165, 1.54) is 17.5 Å². The minimum atomic E-state index is 1.15. The van der Waals surface area contributed by atoms with Gasteiger partial charge >= 0.3 is 0 Å². The first kappa shape index (κ1) is 17.9. The minimum absolute atomic E-state index is 1.15. The molecule has 19 heavy (non-hydrogen) atoms. The van der Waals surface area contributed by atoms with Gasteiger partial charge in [0.15, 0.2) is 0 Å². The van der Waals surface area contributed by atoms with E-state index in [2.05, 4.69) is 39.8 Å². The fourth-order valence-electron chi connectivity index (χ4n) is 1.45. The van der Waals surface area contributed by atoms with Gasteiger partial charge in [-0.1, -0.05) is 27.7 Å². The second-order valence-corrected chi connectivity index (χ2v) is 10.2. The summed E-state index contributed by atoms with van der Waals surface area (Å²) in [6, 6.07) is 4.60. The molecule has 5 heteroatoms. The standard InChI is InChI=1S/C14H22S5/c1-5-15-13(16-6-2)11-9-10-12(19-11)14(17-7-3)18-8-4/h9-10H,5-8H2,1-4H3. The van der Waals surface area contributed by atoms with Crippen molar-refractivity contribution in [2.75, 3.05) is 23.0 Å². The summed E-state index contributed by atoms with van der Waals surface area (Å²) in [5.74, 6) is 4.61. The molecule has 1 heterocycles. The number of thioether (sulfide) groups is 4. The van der Waals surface area contributed by atoms with Crippen molar-refractivity contribution in [3.05, 3.63) is 21.2 Å². The van der Waals surface area contributed by atoms with Crippen LogP contribution in [-0.2, 0) is 0 Å². The maximum Gasteiger partial charge on any atom is 0.0574 e. The fourth-order valence-corrected chi connectivity index (χ4v) is 7.30. The molecule has 1 aromatic heterocycles. The molecule has 0 saturated carbocycles. The largest absolute Gasteiger partial charge is 0.133 e. The summed E-state index contributed by atoms with van der Waals surface area (Å²) in [5, 5.41) is 0. The molecule has 0 unspecified atom stereocenters. The molecule has 0 fully saturated rings. The third-order valence-corrected chi connectivity index (χ3v) is 8.24. The van der Waals surface area contributed by atoms with Gasteiger partial charge in [0.1, 0.15) is 0 Å². The van der Waals surface area contributed by atoms with E-state index in [1.54, 1.807) is 0 Å². The summed E-state index contributed by atoms with van der Waals surface area (Å²) < 4.78 is 5.87. The van der Waals surface area contributed by atoms with Gasteiger partial charge < -0.3 is 0 Å². The number of thiophene rings is 1. The minimum Gasteiger partial charge on any atom is -0.133 e. The maximum absolute atomic E-state index is 2.30. The van der Waals surface area contributed by atoms with Crippen LogP contribution in [0.1, 0.15) is 27.7 Å². The summed E-state index contributed by atoms with van der Waals surface area (Å²) in [6.07, 6.45) is 0. The molecule has 0 aliphatic carbocycles. The van der Waals surface area contributed by atoms with E-state index in [0.29, 0.717) is 0 Å². The van der Waals surface area contributed by atoms with Crippen molar-refractivity contribution in [3.63, 3.8) is 0 Å². The summed E-state index contributed by atoms with van der Waals surface area (Å²) >= 11 is 9.84. The van der Waals surface area contributed by atoms with E-state index in [9.17, 15) is 0 Å². The summed E-state index contributed by atoms with van der Waals surface area (Å²) in [7, 11) is 0. The van der Waals surface area contributed by atoms with Gasteiger partial charge in [-0.2, -0.15) is 0 Å². The highest BCUT2D eigenvalue weighted by Crippen LogP contribution is 2.30. The third-order valence-electron chi connectivity index (χ3n) is 2.11. The molecule has 1 aromatic rings. The average molecular weight is 351 g/mol. The van der Waals surface area contributed by atoms with Gasteiger partial charge in [-0.25, -0.2) is 0 Å². The van der Waals surface area contributed by atoms with Crippen LogP contribution in [-0.4, -0.2) is 23.0 Å². The Morgan fingerprint density at radius 2 is 1.05 bits per heavy atom. The molecule has 0 spiro atoms. The first-order valence-corrected chi connectivity index (χ1v) is 11.4. The zero-order valence-corrected chi connectivity index (χ0v) is 16.1. The predicted molar refractivity (Wildman–Crippen MR) is 103 cm³/mol. The van der Waals surface area contributed by atoms with Crippen LogP contribution in [0.4, 0.5) is 0 Å². The Morgan fingerprint density at radius 1 is 0.737 bits per heavy atom. The van der Waals surface area contributed by atoms with E-state index in [1.807, 2.05) is 58.4 Å². The molecule has 0 aliphatic heterocycles. The van der Waals surface area contributed by atoms with Gasteiger partial charge in [0.25, 0.3) is 0 Å². The van der Waals surface area contributed by atoms with Crippen molar-refractivity contribution in [2.24, 2.45) is 0 Å². The van der Waals surface area contributed by atoms with Crippen molar-refractivity contribution in [2.45, 2.75) is 27.7 Å². The van der Waals surface area contributed by atoms with Crippen molar-refractivity contribution in [1.82, 2.24) is 0 Å². The van der Waals surface area contributed by atoms with Crippen LogP contribution in [0, 0.1) is 0 Å². The van der Waals surface area contributed by atoms with Crippen LogP contribution in [0.25, 0.3) is 8.47 Å². The highest BCUT2D eigenvalue weighted by molar-refractivity contribution is 8.30. The molecule has 0 nitrogen and oxygen atoms in total. The van der Waals surface area contributed by atoms with Gasteiger partial charge in [-0.05, 0) is 35.1 Å². The normalized spacial score (nSPS) is 10.7. The molecule has 0 saturated heterocycles. The first-order valence-electron chi connectivity index (χ1n) is 6.62. The van der Waals surface area contributed by atoms with Gasteiger partial charge in [-0.15, -0.1) is 58.4 Å². The number of rotatable bonds is 8. The van der Waals surface area contributed by atoms with Crippen LogP contribution in [0.15, 0.2) is 12.1 Å². The van der Waals surface area contributed by atoms with Gasteiger partial charge in [0.05, 0.1) is 8.47 Å². The molecular weight excluding hydrogens is 328 g/mol. The van der Waals surface area contributed by atoms with E-state index < -0.39 is 0 Å². The van der Waals surface area contributed by atoms with Crippen molar-refractivity contribution < 1.29 is 0 Å². The van der Waals surface area contributed by atoms with Crippen LogP contribution < -0.4 is 9.06 Å². The zero-order valence-electron chi connectivity index (χ0n) is 12.0. The molecule has 0 atom stereocenters. The lowest BCUT2D eigenvalue weighted by molar-refractivity contribution is 1.53. The second kappa shape index (κ2) is 10.6. The topological polar surface area (TPSA) is 0 Å². The molecule has 0 radical (unpaired) electrons. The molecule has 0 N–H and O–H groups in total. The lowest BCUT2D eigenvalue weighted by Gasteiger charge is -2.01. The highest BCUT2D eigenvalue weighted by atomic mass is 32.2. The Kier molecular flexibility index (Phi) is 9.93. The smallest absolute Gasteiger partial charge is 0.0574 e. The maximum atomic E-state index is 2.30. The summed E-state index contributed by atoms with van der Waals surface area (Å²) in [4.78, 5) is 0. The lowest BCUT2D eigenvalue weighted by Crippen LogP contribution is -1.98. The van der Waals surface area contributed by atoms with Crippen LogP contribution in [0.3, 0.4) is 0 Å². The SMILES string of the molecule is CCSC(SCC)=c1ccc(=C(SCC)SCC)s1. The Morgan fingerprint density at radius 3 is 1.32 bits per heavy atom. The third kappa shape index (κ3) is 6.00. The monoisotopic (exact) mass is 350 g/mol. The Balaban J connectivity index is 3.19. The van der Waals surface area contributed by atoms with E-state index in [4.69, 9.17) is 0 Å². The molecule has 0 bridgehead atoms. The summed E-state index contributed by atoms with van der Waals surface area (Å²) in [5.41, 5.74) is 0. The number of hydrogen-bond donors (Lipinski definition) is 0. The Hall–Kier alpha value is 0.840.